The fourth-order valence-electron chi connectivity index (χ4n) is 2.70. The molecular formula is C15H25N3O. The topological polar surface area (TPSA) is 50.5 Å². The molecule has 4 nitrogen and oxygen atoms in total. The standard InChI is InChI=1S/C15H25N3O/c1-3-18-9-5-6-13(18)11-17-12-7-8-14(16)15(10-12)19-4-2/h7-8,10,13,17H,3-6,9,11,16H2,1-2H3. The molecule has 1 aromatic carbocycles. The lowest BCUT2D eigenvalue weighted by Gasteiger charge is -2.23. The molecule has 0 aliphatic carbocycles. The molecule has 1 saturated heterocycles. The zero-order valence-electron chi connectivity index (χ0n) is 12.0. The van der Waals surface area contributed by atoms with Gasteiger partial charge in [0, 0.05) is 24.3 Å². The average molecular weight is 263 g/mol. The zero-order valence-corrected chi connectivity index (χ0v) is 12.0. The second kappa shape index (κ2) is 6.66. The number of nitrogens with two attached hydrogens (primary N) is 1. The number of likely N-dealkylation sites (tertiary alicyclic amines) is 1. The molecule has 0 bridgehead atoms. The highest BCUT2D eigenvalue weighted by molar-refractivity contribution is 5.61. The Morgan fingerprint density at radius 1 is 1.42 bits per heavy atom. The van der Waals surface area contributed by atoms with E-state index >= 15 is 0 Å². The highest BCUT2D eigenvalue weighted by Gasteiger charge is 2.22. The summed E-state index contributed by atoms with van der Waals surface area (Å²) in [6.07, 6.45) is 2.60. The summed E-state index contributed by atoms with van der Waals surface area (Å²) in [4.78, 5) is 2.54. The highest BCUT2D eigenvalue weighted by Crippen LogP contribution is 2.26. The number of hydrogen-bond acceptors (Lipinski definition) is 4. The summed E-state index contributed by atoms with van der Waals surface area (Å²) in [7, 11) is 0. The van der Waals surface area contributed by atoms with Crippen LogP contribution in [0, 0.1) is 0 Å². The van der Waals surface area contributed by atoms with Crippen molar-refractivity contribution in [2.24, 2.45) is 0 Å². The van der Waals surface area contributed by atoms with E-state index in [1.165, 1.54) is 19.4 Å². The molecule has 1 aromatic rings. The van der Waals surface area contributed by atoms with E-state index in [2.05, 4.69) is 17.1 Å². The minimum Gasteiger partial charge on any atom is -0.492 e. The van der Waals surface area contributed by atoms with Crippen molar-refractivity contribution >= 4 is 11.4 Å². The first-order chi connectivity index (χ1) is 9.24. The SMILES string of the molecule is CCOc1cc(NCC2CCCN2CC)ccc1N. The monoisotopic (exact) mass is 263 g/mol. The molecule has 3 N–H and O–H groups in total. The van der Waals surface area contributed by atoms with Gasteiger partial charge in [-0.05, 0) is 45.0 Å². The van der Waals surface area contributed by atoms with E-state index in [-0.39, 0.29) is 0 Å². The predicted molar refractivity (Wildman–Crippen MR) is 80.8 cm³/mol. The molecule has 1 fully saturated rings. The van der Waals surface area contributed by atoms with Crippen molar-refractivity contribution in [2.45, 2.75) is 32.7 Å². The van der Waals surface area contributed by atoms with Gasteiger partial charge in [-0.15, -0.1) is 0 Å². The van der Waals surface area contributed by atoms with Gasteiger partial charge in [0.1, 0.15) is 5.75 Å². The molecule has 0 amide bonds. The molecule has 0 spiro atoms. The molecule has 19 heavy (non-hydrogen) atoms. The van der Waals surface area contributed by atoms with Gasteiger partial charge in [-0.2, -0.15) is 0 Å². The normalized spacial score (nSPS) is 19.6. The van der Waals surface area contributed by atoms with Crippen LogP contribution in [0.3, 0.4) is 0 Å². The number of likely N-dealkylation sites (N-methyl/N-ethyl adjacent to an activating group) is 1. The van der Waals surface area contributed by atoms with Crippen molar-refractivity contribution in [3.63, 3.8) is 0 Å². The predicted octanol–water partition coefficient (Wildman–Crippen LogP) is 2.56. The maximum absolute atomic E-state index is 5.88. The van der Waals surface area contributed by atoms with E-state index in [0.29, 0.717) is 18.3 Å². The van der Waals surface area contributed by atoms with Gasteiger partial charge in [0.2, 0.25) is 0 Å². The molecule has 1 atom stereocenters. The fraction of sp³-hybridized carbons (Fsp3) is 0.600. The van der Waals surface area contributed by atoms with Gasteiger partial charge in [-0.1, -0.05) is 6.92 Å². The van der Waals surface area contributed by atoms with Crippen LogP contribution in [0.1, 0.15) is 26.7 Å². The fourth-order valence-corrected chi connectivity index (χ4v) is 2.70. The van der Waals surface area contributed by atoms with E-state index in [1.807, 2.05) is 25.1 Å². The van der Waals surface area contributed by atoms with Crippen molar-refractivity contribution in [2.75, 3.05) is 37.3 Å². The minimum absolute atomic E-state index is 0.639. The molecule has 0 radical (unpaired) electrons. The third-order valence-corrected chi connectivity index (χ3v) is 3.76. The van der Waals surface area contributed by atoms with Crippen LogP contribution in [0.2, 0.25) is 0 Å². The Kier molecular flexibility index (Phi) is 4.91. The Balaban J connectivity index is 1.93. The molecule has 0 aromatic heterocycles. The van der Waals surface area contributed by atoms with E-state index in [9.17, 15) is 0 Å². The van der Waals surface area contributed by atoms with Gasteiger partial charge < -0.3 is 15.8 Å². The smallest absolute Gasteiger partial charge is 0.144 e. The number of benzene rings is 1. The molecule has 0 saturated carbocycles. The van der Waals surface area contributed by atoms with Gasteiger partial charge >= 0.3 is 0 Å². The van der Waals surface area contributed by atoms with Crippen LogP contribution in [0.5, 0.6) is 5.75 Å². The Labute approximate surface area is 115 Å². The van der Waals surface area contributed by atoms with Crippen LogP contribution < -0.4 is 15.8 Å². The second-order valence-electron chi connectivity index (χ2n) is 4.99. The van der Waals surface area contributed by atoms with Crippen LogP contribution in [0.15, 0.2) is 18.2 Å². The zero-order chi connectivity index (χ0) is 13.7. The van der Waals surface area contributed by atoms with Crippen LogP contribution >= 0.6 is 0 Å². The number of rotatable bonds is 6. The Morgan fingerprint density at radius 3 is 3.00 bits per heavy atom. The summed E-state index contributed by atoms with van der Waals surface area (Å²) >= 11 is 0. The first kappa shape index (κ1) is 14.0. The van der Waals surface area contributed by atoms with E-state index in [4.69, 9.17) is 10.5 Å². The second-order valence-corrected chi connectivity index (χ2v) is 4.99. The number of ether oxygens (including phenoxy) is 1. The molecule has 106 valence electrons. The average Bonchev–Trinajstić information content (AvgIpc) is 2.87. The largest absolute Gasteiger partial charge is 0.492 e. The number of anilines is 2. The van der Waals surface area contributed by atoms with Crippen molar-refractivity contribution in [1.29, 1.82) is 0 Å². The first-order valence-electron chi connectivity index (χ1n) is 7.24. The van der Waals surface area contributed by atoms with Gasteiger partial charge in [0.25, 0.3) is 0 Å². The van der Waals surface area contributed by atoms with Crippen molar-refractivity contribution in [3.05, 3.63) is 18.2 Å². The third kappa shape index (κ3) is 3.53. The summed E-state index contributed by atoms with van der Waals surface area (Å²) in [5.41, 5.74) is 7.66. The molecule has 1 aliphatic rings. The summed E-state index contributed by atoms with van der Waals surface area (Å²) in [6.45, 7) is 8.20. The van der Waals surface area contributed by atoms with E-state index in [0.717, 1.165) is 24.5 Å². The maximum Gasteiger partial charge on any atom is 0.144 e. The van der Waals surface area contributed by atoms with Gasteiger partial charge in [0.05, 0.1) is 12.3 Å². The molecule has 1 aliphatic heterocycles. The number of nitrogens with one attached hydrogen (secondary N) is 1. The summed E-state index contributed by atoms with van der Waals surface area (Å²) in [5.74, 6) is 0.770. The van der Waals surface area contributed by atoms with Crippen LogP contribution in [-0.4, -0.2) is 37.2 Å². The number of nitrogens with zero attached hydrogens (tertiary/aromatic N) is 1. The van der Waals surface area contributed by atoms with Gasteiger partial charge in [0.15, 0.2) is 0 Å². The molecular weight excluding hydrogens is 238 g/mol. The summed E-state index contributed by atoms with van der Waals surface area (Å²) in [6, 6.07) is 6.56. The molecule has 4 heteroatoms. The highest BCUT2D eigenvalue weighted by atomic mass is 16.5. The molecule has 1 heterocycles. The molecule has 2 rings (SSSR count). The van der Waals surface area contributed by atoms with Crippen LogP contribution in [-0.2, 0) is 0 Å². The van der Waals surface area contributed by atoms with Crippen LogP contribution in [0.4, 0.5) is 11.4 Å². The Hall–Kier alpha value is -1.42. The third-order valence-electron chi connectivity index (χ3n) is 3.76. The Morgan fingerprint density at radius 2 is 2.26 bits per heavy atom. The Bertz CT molecular complexity index is 408. The van der Waals surface area contributed by atoms with Gasteiger partial charge in [-0.25, -0.2) is 0 Å². The quantitative estimate of drug-likeness (QED) is 0.775. The first-order valence-corrected chi connectivity index (χ1v) is 7.24. The lowest BCUT2D eigenvalue weighted by molar-refractivity contribution is 0.277. The number of nitrogen functional groups attached to an aromatic ring is 1. The van der Waals surface area contributed by atoms with Crippen molar-refractivity contribution in [1.82, 2.24) is 4.90 Å². The van der Waals surface area contributed by atoms with E-state index < -0.39 is 0 Å². The van der Waals surface area contributed by atoms with E-state index in [1.54, 1.807) is 0 Å². The lowest BCUT2D eigenvalue weighted by atomic mass is 10.2. The lowest BCUT2D eigenvalue weighted by Crippen LogP contribution is -2.34. The summed E-state index contributed by atoms with van der Waals surface area (Å²) in [5, 5.41) is 3.50. The van der Waals surface area contributed by atoms with Crippen LogP contribution in [0.25, 0.3) is 0 Å². The van der Waals surface area contributed by atoms with Crippen molar-refractivity contribution < 1.29 is 4.74 Å². The molecule has 1 unspecified atom stereocenters. The number of hydrogen-bond donors (Lipinski definition) is 2. The van der Waals surface area contributed by atoms with Crippen molar-refractivity contribution in [3.8, 4) is 5.75 Å². The summed E-state index contributed by atoms with van der Waals surface area (Å²) < 4.78 is 5.52. The van der Waals surface area contributed by atoms with Gasteiger partial charge in [-0.3, -0.25) is 4.90 Å². The minimum atomic E-state index is 0.639. The maximum atomic E-state index is 5.88.